The molecule has 0 N–H and O–H groups in total. The number of rotatable bonds is 8. The second-order valence-corrected chi connectivity index (χ2v) is 27.5. The topological polar surface area (TPSA) is 29.5 Å². The molecule has 1 unspecified atom stereocenters. The third-order valence-electron chi connectivity index (χ3n) is 21.3. The molecule has 0 bridgehead atoms. The molecule has 4 aliphatic carbocycles. The molecule has 0 aliphatic heterocycles. The first-order valence-corrected chi connectivity index (χ1v) is 32.3. The normalized spacial score (nSPS) is 16.3. The monoisotopic (exact) mass is 1170 g/mol. The molecule has 14 aromatic rings. The predicted molar refractivity (Wildman–Crippen MR) is 377 cm³/mol. The number of hydrogen-bond acceptors (Lipinski definition) is 3. The second kappa shape index (κ2) is 19.5. The average Bonchev–Trinajstić information content (AvgIpc) is 1.52. The fourth-order valence-corrected chi connectivity index (χ4v) is 17.2. The third kappa shape index (κ3) is 7.49. The molecule has 1 atom stereocenters. The molecule has 436 valence electrons. The fourth-order valence-electron chi connectivity index (χ4n) is 17.2. The minimum absolute atomic E-state index is 0.0167. The van der Waals surface area contributed by atoms with Crippen molar-refractivity contribution in [2.45, 2.75) is 69.6 Å². The predicted octanol–water partition coefficient (Wildman–Crippen LogP) is 22.9. The van der Waals surface area contributed by atoms with Crippen LogP contribution in [0.4, 0.5) is 11.4 Å². The zero-order valence-corrected chi connectivity index (χ0v) is 52.1. The summed E-state index contributed by atoms with van der Waals surface area (Å²) in [4.78, 5) is 2.59. The molecule has 91 heavy (non-hydrogen) atoms. The Morgan fingerprint density at radius 2 is 0.967 bits per heavy atom. The maximum Gasteiger partial charge on any atom is 0.143 e. The van der Waals surface area contributed by atoms with Gasteiger partial charge in [-0.1, -0.05) is 253 Å². The lowest BCUT2D eigenvalue weighted by molar-refractivity contribution is 0.473. The number of hydrogen-bond donors (Lipinski definition) is 0. The quantitative estimate of drug-likeness (QED) is 0.152. The molecule has 12 aromatic carbocycles. The van der Waals surface area contributed by atoms with Gasteiger partial charge in [0.25, 0.3) is 0 Å². The summed E-state index contributed by atoms with van der Waals surface area (Å²) in [6.45, 7) is 13.9. The minimum atomic E-state index is -0.652. The van der Waals surface area contributed by atoms with Gasteiger partial charge in [0.2, 0.25) is 0 Å². The maximum atomic E-state index is 6.94. The molecule has 0 fully saturated rings. The summed E-state index contributed by atoms with van der Waals surface area (Å²) in [6, 6.07) is 101. The standard InChI is InChI=1S/C88H67NO2/c1-54-35-37-55(38-36-54)68-51-76-80(83-67-32-20-22-34-78(67)91-84(68)83)65-46-44-62(49-72(65)86(76,5)6)89(61-41-39-56(40-42-61)85(2,3)4)63-43-45-64-69-52-75-70(53-74(69)88(73(64)50-63,59-27-15-9-16-28-59)60-29-17-10-18-30-60)81-71(47-48-79-82(81)66-31-19-21-33-77(66)90-79)87(75,57-23-11-7-12-24-57)58-25-13-8-14-26-58/h7-49,51-53,73H,50H2,1-6H3. The van der Waals surface area contributed by atoms with Gasteiger partial charge in [0.05, 0.1) is 10.8 Å². The van der Waals surface area contributed by atoms with Crippen molar-refractivity contribution in [3.05, 3.63) is 352 Å². The number of para-hydroxylation sites is 2. The summed E-state index contributed by atoms with van der Waals surface area (Å²) in [7, 11) is 0. The van der Waals surface area contributed by atoms with E-state index in [4.69, 9.17) is 8.83 Å². The Kier molecular flexibility index (Phi) is 11.5. The zero-order chi connectivity index (χ0) is 61.1. The highest BCUT2D eigenvalue weighted by Gasteiger charge is 2.56. The van der Waals surface area contributed by atoms with Gasteiger partial charge >= 0.3 is 0 Å². The van der Waals surface area contributed by atoms with Crippen LogP contribution in [0.5, 0.6) is 0 Å². The van der Waals surface area contributed by atoms with Crippen LogP contribution in [-0.2, 0) is 21.7 Å². The van der Waals surface area contributed by atoms with Crippen LogP contribution in [0.3, 0.4) is 0 Å². The number of allylic oxidation sites excluding steroid dienone is 4. The first-order valence-electron chi connectivity index (χ1n) is 32.3. The molecule has 0 saturated heterocycles. The van der Waals surface area contributed by atoms with Gasteiger partial charge in [-0.15, -0.1) is 0 Å². The zero-order valence-electron chi connectivity index (χ0n) is 52.1. The average molecular weight is 1170 g/mol. The van der Waals surface area contributed by atoms with Gasteiger partial charge in [-0.25, -0.2) is 0 Å². The summed E-state index contributed by atoms with van der Waals surface area (Å²) >= 11 is 0. The molecule has 2 heterocycles. The molecule has 0 amide bonds. The van der Waals surface area contributed by atoms with E-state index in [1.807, 2.05) is 0 Å². The summed E-state index contributed by atoms with van der Waals surface area (Å²) in [5.41, 5.74) is 29.6. The molecule has 0 saturated carbocycles. The molecule has 18 rings (SSSR count). The highest BCUT2D eigenvalue weighted by Crippen LogP contribution is 2.66. The lowest BCUT2D eigenvalue weighted by atomic mass is 9.62. The first kappa shape index (κ1) is 53.5. The Hall–Kier alpha value is -10.5. The van der Waals surface area contributed by atoms with Crippen LogP contribution in [0.2, 0.25) is 0 Å². The second-order valence-electron chi connectivity index (χ2n) is 27.5. The highest BCUT2D eigenvalue weighted by atomic mass is 16.3. The van der Waals surface area contributed by atoms with E-state index in [0.29, 0.717) is 0 Å². The largest absolute Gasteiger partial charge is 0.456 e. The van der Waals surface area contributed by atoms with E-state index in [1.54, 1.807) is 0 Å². The number of benzene rings is 12. The van der Waals surface area contributed by atoms with E-state index in [1.165, 1.54) is 106 Å². The lowest BCUT2D eigenvalue weighted by Gasteiger charge is -2.41. The third-order valence-corrected chi connectivity index (χ3v) is 21.3. The Balaban J connectivity index is 0.888. The first-order chi connectivity index (χ1) is 44.4. The maximum absolute atomic E-state index is 6.94. The van der Waals surface area contributed by atoms with Gasteiger partial charge in [0, 0.05) is 55.5 Å². The van der Waals surface area contributed by atoms with Crippen LogP contribution in [0.25, 0.3) is 82.8 Å². The van der Waals surface area contributed by atoms with Gasteiger partial charge in [-0.3, -0.25) is 0 Å². The van der Waals surface area contributed by atoms with Crippen LogP contribution < -0.4 is 4.90 Å². The van der Waals surface area contributed by atoms with E-state index < -0.39 is 10.8 Å². The van der Waals surface area contributed by atoms with E-state index in [-0.39, 0.29) is 16.7 Å². The molecular formula is C88H67NO2. The van der Waals surface area contributed by atoms with E-state index in [2.05, 4.69) is 326 Å². The van der Waals surface area contributed by atoms with Crippen molar-refractivity contribution < 1.29 is 8.83 Å². The molecule has 3 nitrogen and oxygen atoms in total. The van der Waals surface area contributed by atoms with E-state index in [9.17, 15) is 0 Å². The van der Waals surface area contributed by atoms with Crippen molar-refractivity contribution >= 4 is 60.8 Å². The van der Waals surface area contributed by atoms with Crippen LogP contribution in [-0.4, -0.2) is 0 Å². The minimum Gasteiger partial charge on any atom is -0.456 e. The molecule has 0 radical (unpaired) electrons. The number of aryl methyl sites for hydroxylation is 1. The van der Waals surface area contributed by atoms with Gasteiger partial charge in [-0.2, -0.15) is 0 Å². The summed E-state index contributed by atoms with van der Waals surface area (Å²) in [6.07, 6.45) is 5.73. The lowest BCUT2D eigenvalue weighted by Crippen LogP contribution is -2.36. The molecular weight excluding hydrogens is 1100 g/mol. The van der Waals surface area contributed by atoms with Crippen molar-refractivity contribution in [2.24, 2.45) is 5.92 Å². The van der Waals surface area contributed by atoms with Gasteiger partial charge < -0.3 is 13.7 Å². The van der Waals surface area contributed by atoms with Crippen molar-refractivity contribution in [3.8, 4) is 33.4 Å². The van der Waals surface area contributed by atoms with E-state index in [0.717, 1.165) is 67.4 Å². The Labute approximate surface area is 531 Å². The summed E-state index contributed by atoms with van der Waals surface area (Å²) in [5.74, 6) is -0.0167. The summed E-state index contributed by atoms with van der Waals surface area (Å²) < 4.78 is 13.8. The van der Waals surface area contributed by atoms with Crippen LogP contribution in [0.15, 0.2) is 294 Å². The summed E-state index contributed by atoms with van der Waals surface area (Å²) in [5, 5.41) is 4.62. The van der Waals surface area contributed by atoms with Crippen molar-refractivity contribution in [1.82, 2.24) is 0 Å². The molecule has 0 spiro atoms. The Morgan fingerprint density at radius 1 is 0.418 bits per heavy atom. The highest BCUT2D eigenvalue weighted by molar-refractivity contribution is 6.19. The van der Waals surface area contributed by atoms with Gasteiger partial charge in [0.1, 0.15) is 22.3 Å². The number of fused-ring (bicyclic) bond motifs is 17. The molecule has 2 aromatic heterocycles. The number of anilines is 2. The Morgan fingerprint density at radius 3 is 1.60 bits per heavy atom. The van der Waals surface area contributed by atoms with Crippen LogP contribution in [0, 0.1) is 12.8 Å². The fraction of sp³-hybridized carbons (Fsp3) is 0.136. The Bertz CT molecular complexity index is 5280. The van der Waals surface area contributed by atoms with Gasteiger partial charge in [0.15, 0.2) is 0 Å². The number of nitrogens with zero attached hydrogens (tertiary/aromatic N) is 1. The smallest absolute Gasteiger partial charge is 0.143 e. The van der Waals surface area contributed by atoms with Crippen LogP contribution in [0.1, 0.15) is 108 Å². The van der Waals surface area contributed by atoms with Crippen molar-refractivity contribution in [1.29, 1.82) is 0 Å². The van der Waals surface area contributed by atoms with Gasteiger partial charge in [-0.05, 0) is 180 Å². The SMILES string of the molecule is Cc1ccc(-c2cc3c(c4c2oc2ccccc24)-c2ccc(N(C4=CC=C5c6cc7c(cc6C(c6ccccc6)(c6ccccc6)C5C4)-c4c(ccc5oc6ccccc6c45)C7(c4ccccc4)c4ccccc4)c4ccc(C(C)(C)C)cc4)cc2C3(C)C)cc1. The van der Waals surface area contributed by atoms with Crippen molar-refractivity contribution in [2.75, 3.05) is 4.90 Å². The van der Waals surface area contributed by atoms with Crippen LogP contribution >= 0.6 is 0 Å². The molecule has 4 aliphatic rings. The molecule has 3 heteroatoms. The van der Waals surface area contributed by atoms with E-state index >= 15 is 0 Å². The van der Waals surface area contributed by atoms with Crippen molar-refractivity contribution in [3.63, 3.8) is 0 Å². The number of furan rings is 2.